The van der Waals surface area contributed by atoms with Gasteiger partial charge in [0.15, 0.2) is 0 Å². The maximum atomic E-state index is 12.8. The number of hydrogen-bond donors (Lipinski definition) is 2. The Morgan fingerprint density at radius 1 is 1.17 bits per heavy atom. The van der Waals surface area contributed by atoms with Crippen molar-refractivity contribution in [2.75, 3.05) is 19.1 Å². The van der Waals surface area contributed by atoms with Gasteiger partial charge in [0.2, 0.25) is 0 Å². The number of rotatable bonds is 6. The molecule has 0 aliphatic rings. The maximum absolute atomic E-state index is 12.8. The van der Waals surface area contributed by atoms with Crippen molar-refractivity contribution in [2.45, 2.75) is 20.4 Å². The summed E-state index contributed by atoms with van der Waals surface area (Å²) in [6.45, 7) is 4.59. The lowest BCUT2D eigenvalue weighted by molar-refractivity contribution is 0.0949. The van der Waals surface area contributed by atoms with Gasteiger partial charge in [-0.3, -0.25) is 20.4 Å². The molecule has 0 aliphatic heterocycles. The number of amides is 1. The summed E-state index contributed by atoms with van der Waals surface area (Å²) < 4.78 is 19.1. The number of aromatic nitrogens is 1. The number of nitrogens with zero attached hydrogens (tertiary/aromatic N) is 1. The molecule has 0 aliphatic carbocycles. The number of hydrogen-bond acceptors (Lipinski definition) is 4. The predicted molar refractivity (Wildman–Crippen MR) is 91.4 cm³/mol. The molecular weight excluding hydrogens is 313 g/mol. The quantitative estimate of drug-likeness (QED) is 0.795. The summed E-state index contributed by atoms with van der Waals surface area (Å²) in [4.78, 5) is 24.0. The van der Waals surface area contributed by atoms with Crippen molar-refractivity contribution in [1.29, 1.82) is 0 Å². The van der Waals surface area contributed by atoms with Gasteiger partial charge in [0.25, 0.3) is 11.5 Å². The lowest BCUT2D eigenvalue weighted by Crippen LogP contribution is -2.35. The molecule has 2 aromatic rings. The number of anilines is 1. The van der Waals surface area contributed by atoms with Crippen LogP contribution in [0.5, 0.6) is 0 Å². The van der Waals surface area contributed by atoms with Crippen LogP contribution < -0.4 is 16.4 Å². The summed E-state index contributed by atoms with van der Waals surface area (Å²) >= 11 is 0. The van der Waals surface area contributed by atoms with Crippen molar-refractivity contribution in [3.8, 4) is 0 Å². The first kappa shape index (κ1) is 19.4. The molecule has 1 aromatic heterocycles. The van der Waals surface area contributed by atoms with E-state index in [1.807, 2.05) is 13.8 Å². The maximum Gasteiger partial charge on any atom is 0.286 e. The zero-order valence-electron chi connectivity index (χ0n) is 14.0. The number of hydrazine groups is 1. The van der Waals surface area contributed by atoms with Crippen LogP contribution in [-0.2, 0) is 11.3 Å². The van der Waals surface area contributed by atoms with E-state index in [0.29, 0.717) is 12.3 Å². The van der Waals surface area contributed by atoms with Crippen LogP contribution in [0.15, 0.2) is 47.3 Å². The van der Waals surface area contributed by atoms with E-state index >= 15 is 0 Å². The summed E-state index contributed by atoms with van der Waals surface area (Å²) in [5.74, 6) is -0.841. The molecule has 2 N–H and O–H groups in total. The average molecular weight is 335 g/mol. The van der Waals surface area contributed by atoms with Gasteiger partial charge in [-0.15, -0.1) is 0 Å². The van der Waals surface area contributed by atoms with Gasteiger partial charge in [-0.2, -0.15) is 0 Å². The molecule has 24 heavy (non-hydrogen) atoms. The molecular formula is C17H22FN3O3. The molecule has 0 unspecified atom stereocenters. The van der Waals surface area contributed by atoms with Gasteiger partial charge in [0.1, 0.15) is 11.5 Å². The van der Waals surface area contributed by atoms with E-state index in [1.165, 1.54) is 48.1 Å². The lowest BCUT2D eigenvalue weighted by Gasteiger charge is -2.13. The molecule has 0 spiro atoms. The molecule has 1 heterocycles. The Kier molecular flexibility index (Phi) is 8.21. The Bertz CT molecular complexity index is 699. The number of halogens is 1. The summed E-state index contributed by atoms with van der Waals surface area (Å²) in [6.07, 6.45) is 0. The standard InChI is InChI=1S/C15H16FN3O3.C2H6/c1-22-10-9-19-13(3-2-4-14(19)20)15(21)18-17-12-7-5-11(16)6-8-12;1-2/h2-8,17H,9-10H2,1H3,(H,18,21);1-2H3. The van der Waals surface area contributed by atoms with Crippen LogP contribution in [0, 0.1) is 5.82 Å². The van der Waals surface area contributed by atoms with E-state index < -0.39 is 5.91 Å². The number of methoxy groups -OCH3 is 1. The van der Waals surface area contributed by atoms with E-state index in [-0.39, 0.29) is 23.6 Å². The Morgan fingerprint density at radius 3 is 2.46 bits per heavy atom. The fraction of sp³-hybridized carbons (Fsp3) is 0.294. The van der Waals surface area contributed by atoms with E-state index in [0.717, 1.165) is 0 Å². The highest BCUT2D eigenvalue weighted by molar-refractivity contribution is 5.93. The molecule has 6 nitrogen and oxygen atoms in total. The smallest absolute Gasteiger partial charge is 0.286 e. The van der Waals surface area contributed by atoms with Gasteiger partial charge in [0.05, 0.1) is 12.3 Å². The molecule has 2 rings (SSSR count). The third-order valence-corrected chi connectivity index (χ3v) is 2.97. The van der Waals surface area contributed by atoms with Crippen molar-refractivity contribution in [1.82, 2.24) is 9.99 Å². The van der Waals surface area contributed by atoms with Gasteiger partial charge < -0.3 is 9.30 Å². The Balaban J connectivity index is 0.00000139. The molecule has 0 bridgehead atoms. The van der Waals surface area contributed by atoms with Crippen LogP contribution in [-0.4, -0.2) is 24.2 Å². The fourth-order valence-corrected chi connectivity index (χ4v) is 1.86. The van der Waals surface area contributed by atoms with E-state index in [2.05, 4.69) is 10.9 Å². The number of pyridine rings is 1. The zero-order chi connectivity index (χ0) is 17.9. The first-order valence-corrected chi connectivity index (χ1v) is 7.62. The summed E-state index contributed by atoms with van der Waals surface area (Å²) in [6, 6.07) is 9.94. The van der Waals surface area contributed by atoms with Crippen molar-refractivity contribution < 1.29 is 13.9 Å². The second-order valence-corrected chi connectivity index (χ2v) is 4.48. The van der Waals surface area contributed by atoms with Crippen molar-refractivity contribution in [3.63, 3.8) is 0 Å². The third kappa shape index (κ3) is 5.51. The van der Waals surface area contributed by atoms with Crippen LogP contribution in [0.4, 0.5) is 10.1 Å². The molecule has 130 valence electrons. The Hall–Kier alpha value is -2.67. The van der Waals surface area contributed by atoms with Crippen LogP contribution in [0.3, 0.4) is 0 Å². The normalized spacial score (nSPS) is 9.67. The molecule has 1 amide bonds. The minimum atomic E-state index is -0.474. The predicted octanol–water partition coefficient (Wildman–Crippen LogP) is 2.42. The zero-order valence-corrected chi connectivity index (χ0v) is 14.0. The van der Waals surface area contributed by atoms with Crippen molar-refractivity contribution >= 4 is 11.6 Å². The summed E-state index contributed by atoms with van der Waals surface area (Å²) in [7, 11) is 1.52. The average Bonchev–Trinajstić information content (AvgIpc) is 2.61. The van der Waals surface area contributed by atoms with E-state index in [9.17, 15) is 14.0 Å². The highest BCUT2D eigenvalue weighted by atomic mass is 19.1. The number of carbonyl (C=O) groups excluding carboxylic acids is 1. The SMILES string of the molecule is CC.COCCn1c(C(=O)NNc2ccc(F)cc2)cccc1=O. The second-order valence-electron chi connectivity index (χ2n) is 4.48. The second kappa shape index (κ2) is 10.2. The largest absolute Gasteiger partial charge is 0.383 e. The monoisotopic (exact) mass is 335 g/mol. The molecule has 0 saturated carbocycles. The van der Waals surface area contributed by atoms with Gasteiger partial charge in [-0.05, 0) is 30.3 Å². The Labute approximate surface area is 140 Å². The summed E-state index contributed by atoms with van der Waals surface area (Å²) in [5.41, 5.74) is 5.57. The number of nitrogens with one attached hydrogen (secondary N) is 2. The first-order chi connectivity index (χ1) is 11.6. The van der Waals surface area contributed by atoms with Crippen LogP contribution >= 0.6 is 0 Å². The number of carbonyl (C=O) groups is 1. The molecule has 0 radical (unpaired) electrons. The Morgan fingerprint density at radius 2 is 1.83 bits per heavy atom. The van der Waals surface area contributed by atoms with E-state index in [4.69, 9.17) is 4.74 Å². The minimum Gasteiger partial charge on any atom is -0.383 e. The highest BCUT2D eigenvalue weighted by Gasteiger charge is 2.11. The van der Waals surface area contributed by atoms with Gasteiger partial charge in [-0.25, -0.2) is 4.39 Å². The van der Waals surface area contributed by atoms with Crippen LogP contribution in [0.25, 0.3) is 0 Å². The molecule has 7 heteroatoms. The number of ether oxygens (including phenoxy) is 1. The molecule has 0 fully saturated rings. The first-order valence-electron chi connectivity index (χ1n) is 7.62. The van der Waals surface area contributed by atoms with Gasteiger partial charge >= 0.3 is 0 Å². The summed E-state index contributed by atoms with van der Waals surface area (Å²) in [5, 5.41) is 0. The number of benzene rings is 1. The van der Waals surface area contributed by atoms with Crippen LogP contribution in [0.1, 0.15) is 24.3 Å². The van der Waals surface area contributed by atoms with E-state index in [1.54, 1.807) is 6.07 Å². The van der Waals surface area contributed by atoms with Gasteiger partial charge in [0, 0.05) is 19.7 Å². The fourth-order valence-electron chi connectivity index (χ4n) is 1.86. The van der Waals surface area contributed by atoms with Crippen molar-refractivity contribution in [3.05, 3.63) is 64.3 Å². The van der Waals surface area contributed by atoms with Gasteiger partial charge in [-0.1, -0.05) is 19.9 Å². The molecule has 1 aromatic carbocycles. The lowest BCUT2D eigenvalue weighted by atomic mass is 10.3. The van der Waals surface area contributed by atoms with Crippen LogP contribution in [0.2, 0.25) is 0 Å². The highest BCUT2D eigenvalue weighted by Crippen LogP contribution is 2.07. The molecule has 0 saturated heterocycles. The molecule has 0 atom stereocenters. The van der Waals surface area contributed by atoms with Crippen molar-refractivity contribution in [2.24, 2.45) is 0 Å². The third-order valence-electron chi connectivity index (χ3n) is 2.97. The minimum absolute atomic E-state index is 0.208. The topological polar surface area (TPSA) is 72.4 Å².